The summed E-state index contributed by atoms with van der Waals surface area (Å²) in [5.74, 6) is -1.45. The lowest BCUT2D eigenvalue weighted by Gasteiger charge is -2.09. The number of aldehydes is 1. The van der Waals surface area contributed by atoms with E-state index in [4.69, 9.17) is 56.8 Å². The van der Waals surface area contributed by atoms with Crippen LogP contribution in [0.5, 0.6) is 0 Å². The average molecular weight is 887 g/mol. The van der Waals surface area contributed by atoms with Gasteiger partial charge in [0.05, 0.1) is 119 Å². The molecule has 0 fully saturated rings. The molecule has 61 heavy (non-hydrogen) atoms. The first-order valence-electron chi connectivity index (χ1n) is 20.2. The third-order valence-corrected chi connectivity index (χ3v) is 6.92. The number of carbonyl (C=O) groups excluding carboxylic acids is 6. The van der Waals surface area contributed by atoms with E-state index in [0.29, 0.717) is 65.6 Å². The highest BCUT2D eigenvalue weighted by Crippen LogP contribution is 1.86. The first kappa shape index (κ1) is 57.5. The van der Waals surface area contributed by atoms with Crippen molar-refractivity contribution in [1.82, 2.24) is 31.9 Å². The number of nitrogens with one attached hydrogen (secondary N) is 6. The van der Waals surface area contributed by atoms with Crippen LogP contribution in [0.15, 0.2) is 0 Å². The average Bonchev–Trinajstić information content (AvgIpc) is 3.25. The predicted octanol–water partition coefficient (Wildman–Crippen LogP) is -4.82. The summed E-state index contributed by atoms with van der Waals surface area (Å²) in [6, 6.07) is 0. The molecule has 6 N–H and O–H groups in total. The van der Waals surface area contributed by atoms with Crippen LogP contribution in [-0.2, 0) is 85.6 Å². The standard InChI is InChI=1S/C37H70N6O18/c1-38-2-9-50-18-23-57-28-33(45)40-4-11-52-20-25-59-30-35(47)42-6-13-54-22-27-61-32-37(49)43-7-14-55-21-26-60-31-36(48)41-5-12-53-19-24-58-29-34(46)39-3-10-51-16-17-56-15-8-44/h8,38H,2-7,9-32H2,1H3,(H,39,46)(H,40,45)(H,41,48)(H,42,47)(H,43,49). The highest BCUT2D eigenvalue weighted by Gasteiger charge is 2.06. The Hall–Kier alpha value is -3.50. The van der Waals surface area contributed by atoms with Gasteiger partial charge in [0.1, 0.15) is 45.9 Å². The Morgan fingerprint density at radius 1 is 0.311 bits per heavy atom. The molecule has 5 amide bonds. The molecule has 0 saturated carbocycles. The largest absolute Gasteiger partial charge is 0.378 e. The molecule has 0 spiro atoms. The van der Waals surface area contributed by atoms with Crippen molar-refractivity contribution in [3.63, 3.8) is 0 Å². The van der Waals surface area contributed by atoms with Crippen molar-refractivity contribution < 1.29 is 85.6 Å². The van der Waals surface area contributed by atoms with E-state index >= 15 is 0 Å². The maximum atomic E-state index is 11.9. The van der Waals surface area contributed by atoms with Gasteiger partial charge in [0, 0.05) is 39.3 Å². The third kappa shape index (κ3) is 47.4. The summed E-state index contributed by atoms with van der Waals surface area (Å²) in [6.07, 6.45) is 0.660. The molecular formula is C37H70N6O18. The number of hydrogen-bond acceptors (Lipinski definition) is 19. The van der Waals surface area contributed by atoms with Crippen LogP contribution in [0, 0.1) is 0 Å². The van der Waals surface area contributed by atoms with Crippen LogP contribution in [0.25, 0.3) is 0 Å². The maximum absolute atomic E-state index is 11.9. The molecule has 0 aliphatic rings. The van der Waals surface area contributed by atoms with Gasteiger partial charge in [-0.3, -0.25) is 24.0 Å². The minimum atomic E-state index is -0.311. The van der Waals surface area contributed by atoms with Crippen molar-refractivity contribution in [2.24, 2.45) is 0 Å². The molecule has 24 nitrogen and oxygen atoms in total. The Morgan fingerprint density at radius 2 is 0.525 bits per heavy atom. The van der Waals surface area contributed by atoms with Crippen LogP contribution in [0.4, 0.5) is 0 Å². The van der Waals surface area contributed by atoms with Gasteiger partial charge in [0.25, 0.3) is 0 Å². The molecule has 0 heterocycles. The van der Waals surface area contributed by atoms with E-state index in [9.17, 15) is 28.8 Å². The lowest BCUT2D eigenvalue weighted by Crippen LogP contribution is -2.32. The van der Waals surface area contributed by atoms with Crippen LogP contribution < -0.4 is 31.9 Å². The van der Waals surface area contributed by atoms with E-state index in [1.165, 1.54) is 0 Å². The second-order valence-corrected chi connectivity index (χ2v) is 12.0. The van der Waals surface area contributed by atoms with E-state index in [2.05, 4.69) is 31.9 Å². The molecule has 0 aromatic carbocycles. The molecule has 24 heteroatoms. The Kier molecular flexibility index (Phi) is 44.8. The molecule has 0 aliphatic heterocycles. The summed E-state index contributed by atoms with van der Waals surface area (Å²) in [6.45, 7) is 6.92. The van der Waals surface area contributed by atoms with Gasteiger partial charge in [-0.15, -0.1) is 0 Å². The summed E-state index contributed by atoms with van der Waals surface area (Å²) >= 11 is 0. The lowest BCUT2D eigenvalue weighted by molar-refractivity contribution is -0.128. The van der Waals surface area contributed by atoms with E-state index in [1.807, 2.05) is 7.05 Å². The smallest absolute Gasteiger partial charge is 0.246 e. The molecule has 0 atom stereocenters. The SMILES string of the molecule is CNCCOCCOCC(=O)NCCOCCOCC(=O)NCCOCCOCC(=O)NCCOCCOCC(=O)NCCOCCOCC(=O)NCCOCCOCC=O. The minimum absolute atomic E-state index is 0.0305. The van der Waals surface area contributed by atoms with Gasteiger partial charge >= 0.3 is 0 Å². The molecular weight excluding hydrogens is 816 g/mol. The van der Waals surface area contributed by atoms with Gasteiger partial charge in [-0.1, -0.05) is 0 Å². The van der Waals surface area contributed by atoms with Crippen molar-refractivity contribution in [2.75, 3.05) is 205 Å². The number of rotatable bonds is 48. The quantitative estimate of drug-likeness (QED) is 0.0247. The highest BCUT2D eigenvalue weighted by atomic mass is 16.5. The summed E-state index contributed by atoms with van der Waals surface area (Å²) in [5.41, 5.74) is 0. The van der Waals surface area contributed by atoms with Gasteiger partial charge in [-0.25, -0.2) is 0 Å². The van der Waals surface area contributed by atoms with Crippen molar-refractivity contribution >= 4 is 35.8 Å². The highest BCUT2D eigenvalue weighted by molar-refractivity contribution is 5.78. The van der Waals surface area contributed by atoms with Gasteiger partial charge in [-0.2, -0.15) is 0 Å². The Balaban J connectivity index is 3.38. The molecule has 0 bridgehead atoms. The van der Waals surface area contributed by atoms with Crippen LogP contribution >= 0.6 is 0 Å². The van der Waals surface area contributed by atoms with Crippen molar-refractivity contribution in [3.05, 3.63) is 0 Å². The zero-order chi connectivity index (χ0) is 44.5. The second-order valence-electron chi connectivity index (χ2n) is 12.0. The van der Waals surface area contributed by atoms with Crippen LogP contribution in [0.1, 0.15) is 0 Å². The first-order chi connectivity index (χ1) is 29.9. The molecule has 0 radical (unpaired) electrons. The molecule has 0 unspecified atom stereocenters. The van der Waals surface area contributed by atoms with Gasteiger partial charge < -0.3 is 93.5 Å². The fourth-order valence-corrected chi connectivity index (χ4v) is 4.02. The fourth-order valence-electron chi connectivity index (χ4n) is 4.02. The number of carbonyl (C=O) groups is 6. The zero-order valence-corrected chi connectivity index (χ0v) is 35.6. The molecule has 0 rings (SSSR count). The second kappa shape index (κ2) is 47.5. The topological polar surface area (TPSA) is 285 Å². The van der Waals surface area contributed by atoms with Crippen LogP contribution in [-0.4, -0.2) is 241 Å². The molecule has 0 aromatic heterocycles. The number of hydrogen-bond donors (Lipinski definition) is 6. The molecule has 356 valence electrons. The van der Waals surface area contributed by atoms with Crippen LogP contribution in [0.3, 0.4) is 0 Å². The van der Waals surface area contributed by atoms with E-state index in [1.54, 1.807) is 0 Å². The van der Waals surface area contributed by atoms with E-state index in [0.717, 1.165) is 6.54 Å². The Labute approximate surface area is 358 Å². The fraction of sp³-hybridized carbons (Fsp3) is 0.838. The van der Waals surface area contributed by atoms with Crippen molar-refractivity contribution in [2.45, 2.75) is 0 Å². The van der Waals surface area contributed by atoms with Crippen molar-refractivity contribution in [1.29, 1.82) is 0 Å². The van der Waals surface area contributed by atoms with E-state index in [-0.39, 0.29) is 161 Å². The van der Waals surface area contributed by atoms with Gasteiger partial charge in [0.15, 0.2) is 0 Å². The number of ether oxygens (including phenoxy) is 12. The first-order valence-corrected chi connectivity index (χ1v) is 20.2. The summed E-state index contributed by atoms with van der Waals surface area (Å²) in [5, 5.41) is 16.2. The third-order valence-electron chi connectivity index (χ3n) is 6.92. The number of amides is 5. The molecule has 0 aromatic rings. The summed E-state index contributed by atoms with van der Waals surface area (Å²) in [4.78, 5) is 69.0. The molecule has 0 aliphatic carbocycles. The van der Waals surface area contributed by atoms with E-state index < -0.39 is 0 Å². The lowest BCUT2D eigenvalue weighted by atomic mass is 10.5. The summed E-state index contributed by atoms with van der Waals surface area (Å²) < 4.78 is 63.1. The molecule has 0 saturated heterocycles. The number of likely N-dealkylation sites (N-methyl/N-ethyl adjacent to an activating group) is 1. The predicted molar refractivity (Wildman–Crippen MR) is 215 cm³/mol. The van der Waals surface area contributed by atoms with Gasteiger partial charge in [0.2, 0.25) is 29.5 Å². The van der Waals surface area contributed by atoms with Crippen molar-refractivity contribution in [3.8, 4) is 0 Å². The minimum Gasteiger partial charge on any atom is -0.378 e. The Bertz CT molecular complexity index is 1080. The normalized spacial score (nSPS) is 11.0. The van der Waals surface area contributed by atoms with Gasteiger partial charge in [-0.05, 0) is 7.05 Å². The van der Waals surface area contributed by atoms with Crippen LogP contribution in [0.2, 0.25) is 0 Å². The Morgan fingerprint density at radius 3 is 0.754 bits per heavy atom. The zero-order valence-electron chi connectivity index (χ0n) is 35.6. The monoisotopic (exact) mass is 886 g/mol. The summed E-state index contributed by atoms with van der Waals surface area (Å²) in [7, 11) is 1.84. The maximum Gasteiger partial charge on any atom is 0.246 e.